The van der Waals surface area contributed by atoms with E-state index in [4.69, 9.17) is 4.74 Å². The summed E-state index contributed by atoms with van der Waals surface area (Å²) >= 11 is 0. The fraction of sp³-hybridized carbons (Fsp3) is 0.409. The van der Waals surface area contributed by atoms with Gasteiger partial charge in [-0.15, -0.1) is 0 Å². The van der Waals surface area contributed by atoms with Gasteiger partial charge in [0.2, 0.25) is 11.8 Å². The first kappa shape index (κ1) is 19.4. The van der Waals surface area contributed by atoms with Gasteiger partial charge < -0.3 is 19.9 Å². The number of hydrogen-bond donors (Lipinski definition) is 1. The van der Waals surface area contributed by atoms with Crippen molar-refractivity contribution in [2.45, 2.75) is 19.9 Å². The Morgan fingerprint density at radius 1 is 1.17 bits per heavy atom. The third-order valence-corrected chi connectivity index (χ3v) is 5.43. The molecular formula is C22H26N4O3. The number of morpholine rings is 1. The fourth-order valence-electron chi connectivity index (χ4n) is 3.70. The van der Waals surface area contributed by atoms with Crippen LogP contribution in [0.1, 0.15) is 17.5 Å². The average Bonchev–Trinajstić information content (AvgIpc) is 3.11. The van der Waals surface area contributed by atoms with Gasteiger partial charge >= 0.3 is 0 Å². The highest BCUT2D eigenvalue weighted by Crippen LogP contribution is 2.23. The van der Waals surface area contributed by atoms with Crippen LogP contribution < -0.4 is 10.2 Å². The minimum atomic E-state index is -0.341. The van der Waals surface area contributed by atoms with Crippen LogP contribution in [0, 0.1) is 12.8 Å². The molecule has 0 spiro atoms. The monoisotopic (exact) mass is 394 g/mol. The molecule has 2 aromatic rings. The highest BCUT2D eigenvalue weighted by molar-refractivity contribution is 5.97. The predicted molar refractivity (Wildman–Crippen MR) is 111 cm³/mol. The van der Waals surface area contributed by atoms with Crippen LogP contribution in [0.25, 0.3) is 0 Å². The molecule has 1 N–H and O–H groups in total. The summed E-state index contributed by atoms with van der Waals surface area (Å²) in [5.74, 6) is 0.427. The van der Waals surface area contributed by atoms with E-state index in [1.54, 1.807) is 11.1 Å². The van der Waals surface area contributed by atoms with Gasteiger partial charge in [0, 0.05) is 32.6 Å². The van der Waals surface area contributed by atoms with Crippen LogP contribution in [-0.2, 0) is 20.9 Å². The SMILES string of the molecule is Cc1ccc(CN2C[C@H](C(=O)Nc3ccc(N4CCOCC4)nc3)CC2=O)cc1. The van der Waals surface area contributed by atoms with Gasteiger partial charge in [-0.05, 0) is 24.6 Å². The molecule has 0 radical (unpaired) electrons. The first-order valence-electron chi connectivity index (χ1n) is 10.0. The van der Waals surface area contributed by atoms with Gasteiger partial charge in [0.05, 0.1) is 31.0 Å². The van der Waals surface area contributed by atoms with Crippen LogP contribution in [-0.4, -0.2) is 54.5 Å². The molecule has 0 unspecified atom stereocenters. The quantitative estimate of drug-likeness (QED) is 0.842. The Kier molecular flexibility index (Phi) is 5.76. The lowest BCUT2D eigenvalue weighted by Crippen LogP contribution is -2.36. The van der Waals surface area contributed by atoms with Crippen molar-refractivity contribution >= 4 is 23.3 Å². The summed E-state index contributed by atoms with van der Waals surface area (Å²) in [4.78, 5) is 33.4. The van der Waals surface area contributed by atoms with Crippen LogP contribution in [0.3, 0.4) is 0 Å². The zero-order valence-corrected chi connectivity index (χ0v) is 16.6. The number of pyridine rings is 1. The van der Waals surface area contributed by atoms with Crippen molar-refractivity contribution < 1.29 is 14.3 Å². The Hall–Kier alpha value is -2.93. The molecule has 29 heavy (non-hydrogen) atoms. The number of aromatic nitrogens is 1. The zero-order valence-electron chi connectivity index (χ0n) is 16.6. The molecule has 2 fully saturated rings. The van der Waals surface area contributed by atoms with Gasteiger partial charge in [0.15, 0.2) is 0 Å². The van der Waals surface area contributed by atoms with E-state index in [-0.39, 0.29) is 24.2 Å². The Labute approximate surface area is 170 Å². The molecule has 2 amide bonds. The number of carbonyl (C=O) groups is 2. The number of hydrogen-bond acceptors (Lipinski definition) is 5. The van der Waals surface area contributed by atoms with E-state index in [1.165, 1.54) is 5.56 Å². The number of rotatable bonds is 5. The number of amides is 2. The Bertz CT molecular complexity index is 861. The van der Waals surface area contributed by atoms with E-state index in [9.17, 15) is 9.59 Å². The number of anilines is 2. The lowest BCUT2D eigenvalue weighted by molar-refractivity contribution is -0.128. The van der Waals surface area contributed by atoms with Crippen LogP contribution in [0.15, 0.2) is 42.6 Å². The number of nitrogens with zero attached hydrogens (tertiary/aromatic N) is 3. The highest BCUT2D eigenvalue weighted by atomic mass is 16.5. The molecule has 1 atom stereocenters. The van der Waals surface area contributed by atoms with Gasteiger partial charge in [-0.1, -0.05) is 29.8 Å². The number of likely N-dealkylation sites (tertiary alicyclic amines) is 1. The largest absolute Gasteiger partial charge is 0.378 e. The van der Waals surface area contributed by atoms with Crippen molar-refractivity contribution in [1.29, 1.82) is 0 Å². The summed E-state index contributed by atoms with van der Waals surface area (Å²) in [5, 5.41) is 2.90. The Balaban J connectivity index is 1.32. The number of nitrogens with one attached hydrogen (secondary N) is 1. The maximum absolute atomic E-state index is 12.6. The average molecular weight is 394 g/mol. The molecule has 7 nitrogen and oxygen atoms in total. The third-order valence-electron chi connectivity index (χ3n) is 5.43. The molecular weight excluding hydrogens is 368 g/mol. The molecule has 2 aliphatic heterocycles. The van der Waals surface area contributed by atoms with Crippen LogP contribution in [0.2, 0.25) is 0 Å². The molecule has 7 heteroatoms. The zero-order chi connectivity index (χ0) is 20.2. The van der Waals surface area contributed by atoms with E-state index >= 15 is 0 Å². The second-order valence-corrected chi connectivity index (χ2v) is 7.65. The second-order valence-electron chi connectivity index (χ2n) is 7.65. The molecule has 0 aliphatic carbocycles. The summed E-state index contributed by atoms with van der Waals surface area (Å²) < 4.78 is 5.36. The molecule has 3 heterocycles. The number of carbonyl (C=O) groups excluding carboxylic acids is 2. The van der Waals surface area contributed by atoms with Crippen molar-refractivity contribution in [2.75, 3.05) is 43.1 Å². The summed E-state index contributed by atoms with van der Waals surface area (Å²) in [6, 6.07) is 11.9. The van der Waals surface area contributed by atoms with E-state index < -0.39 is 0 Å². The van der Waals surface area contributed by atoms with E-state index in [2.05, 4.69) is 15.2 Å². The minimum Gasteiger partial charge on any atom is -0.378 e. The van der Waals surface area contributed by atoms with Crippen molar-refractivity contribution in [3.8, 4) is 0 Å². The first-order valence-corrected chi connectivity index (χ1v) is 10.0. The van der Waals surface area contributed by atoms with Crippen LogP contribution >= 0.6 is 0 Å². The number of aryl methyl sites for hydroxylation is 1. The Morgan fingerprint density at radius 3 is 2.62 bits per heavy atom. The normalized spacial score (nSPS) is 19.5. The topological polar surface area (TPSA) is 74.8 Å². The molecule has 152 valence electrons. The highest BCUT2D eigenvalue weighted by Gasteiger charge is 2.34. The molecule has 0 bridgehead atoms. The lowest BCUT2D eigenvalue weighted by atomic mass is 10.1. The van der Waals surface area contributed by atoms with Gasteiger partial charge in [-0.3, -0.25) is 9.59 Å². The van der Waals surface area contributed by atoms with Crippen molar-refractivity contribution in [1.82, 2.24) is 9.88 Å². The van der Waals surface area contributed by atoms with Crippen molar-refractivity contribution in [3.05, 3.63) is 53.7 Å². The van der Waals surface area contributed by atoms with Gasteiger partial charge in [-0.25, -0.2) is 4.98 Å². The molecule has 0 saturated carbocycles. The first-order chi connectivity index (χ1) is 14.1. The summed E-state index contributed by atoms with van der Waals surface area (Å²) in [7, 11) is 0. The van der Waals surface area contributed by atoms with Crippen molar-refractivity contribution in [2.24, 2.45) is 5.92 Å². The van der Waals surface area contributed by atoms with Gasteiger partial charge in [-0.2, -0.15) is 0 Å². The molecule has 4 rings (SSSR count). The second kappa shape index (κ2) is 8.61. The standard InChI is InChI=1S/C22H26N4O3/c1-16-2-4-17(5-3-16)14-26-15-18(12-21(26)27)22(28)24-19-6-7-20(23-13-19)25-8-10-29-11-9-25/h2-7,13,18H,8-12,14-15H2,1H3,(H,24,28)/t18-/m1/s1. The maximum atomic E-state index is 12.6. The van der Waals surface area contributed by atoms with E-state index in [0.29, 0.717) is 32.0 Å². The smallest absolute Gasteiger partial charge is 0.229 e. The van der Waals surface area contributed by atoms with E-state index in [1.807, 2.05) is 43.3 Å². The van der Waals surface area contributed by atoms with Gasteiger partial charge in [0.1, 0.15) is 5.82 Å². The van der Waals surface area contributed by atoms with E-state index in [0.717, 1.165) is 24.5 Å². The van der Waals surface area contributed by atoms with Crippen molar-refractivity contribution in [3.63, 3.8) is 0 Å². The van der Waals surface area contributed by atoms with Gasteiger partial charge in [0.25, 0.3) is 0 Å². The number of benzene rings is 1. The minimum absolute atomic E-state index is 0.0199. The predicted octanol–water partition coefficient (Wildman–Crippen LogP) is 2.21. The summed E-state index contributed by atoms with van der Waals surface area (Å²) in [6.07, 6.45) is 1.92. The fourth-order valence-corrected chi connectivity index (χ4v) is 3.70. The molecule has 2 saturated heterocycles. The third kappa shape index (κ3) is 4.74. The number of ether oxygens (including phenoxy) is 1. The maximum Gasteiger partial charge on any atom is 0.229 e. The molecule has 1 aromatic carbocycles. The summed E-state index contributed by atoms with van der Waals surface area (Å²) in [5.41, 5.74) is 2.91. The van der Waals surface area contributed by atoms with Crippen LogP contribution in [0.4, 0.5) is 11.5 Å². The van der Waals surface area contributed by atoms with Crippen LogP contribution in [0.5, 0.6) is 0 Å². The Morgan fingerprint density at radius 2 is 1.93 bits per heavy atom. The summed E-state index contributed by atoms with van der Waals surface area (Å²) in [6.45, 7) is 6.06. The molecule has 2 aliphatic rings. The lowest BCUT2D eigenvalue weighted by Gasteiger charge is -2.27. The molecule has 1 aromatic heterocycles.